The molecule has 1 unspecified atom stereocenters. The van der Waals surface area contributed by atoms with Crippen molar-refractivity contribution in [3.05, 3.63) is 33.8 Å². The first-order valence-electron chi connectivity index (χ1n) is 4.63. The highest BCUT2D eigenvalue weighted by Gasteiger charge is 2.10. The Morgan fingerprint density at radius 3 is 2.69 bits per heavy atom. The fourth-order valence-electron chi connectivity index (χ4n) is 1.52. The predicted molar refractivity (Wildman–Crippen MR) is 61.0 cm³/mol. The van der Waals surface area contributed by atoms with Crippen LogP contribution in [-0.4, -0.2) is 7.05 Å². The lowest BCUT2D eigenvalue weighted by atomic mass is 10.0. The second-order valence-electron chi connectivity index (χ2n) is 3.23. The quantitative estimate of drug-likeness (QED) is 0.856. The van der Waals surface area contributed by atoms with Crippen molar-refractivity contribution in [1.82, 2.24) is 5.32 Å². The van der Waals surface area contributed by atoms with Crippen molar-refractivity contribution in [3.63, 3.8) is 0 Å². The van der Waals surface area contributed by atoms with Crippen LogP contribution in [-0.2, 0) is 0 Å². The third kappa shape index (κ3) is 2.32. The van der Waals surface area contributed by atoms with E-state index in [1.165, 1.54) is 15.6 Å². The summed E-state index contributed by atoms with van der Waals surface area (Å²) < 4.78 is 1.23. The highest BCUT2D eigenvalue weighted by molar-refractivity contribution is 9.10. The van der Waals surface area contributed by atoms with Gasteiger partial charge in [-0.25, -0.2) is 0 Å². The van der Waals surface area contributed by atoms with Crippen LogP contribution in [0.1, 0.15) is 30.5 Å². The van der Waals surface area contributed by atoms with E-state index >= 15 is 0 Å². The van der Waals surface area contributed by atoms with E-state index in [-0.39, 0.29) is 0 Å². The molecule has 1 aromatic rings. The molecule has 0 spiro atoms. The number of halogens is 1. The molecule has 0 amide bonds. The summed E-state index contributed by atoms with van der Waals surface area (Å²) >= 11 is 3.62. The van der Waals surface area contributed by atoms with Gasteiger partial charge in [-0.1, -0.05) is 41.1 Å². The van der Waals surface area contributed by atoms with Gasteiger partial charge in [0.05, 0.1) is 0 Å². The normalized spacial score (nSPS) is 12.9. The number of nitrogens with one attached hydrogen (secondary N) is 1. The number of rotatable bonds is 3. The highest BCUT2D eigenvalue weighted by atomic mass is 79.9. The van der Waals surface area contributed by atoms with Gasteiger partial charge in [-0.15, -0.1) is 0 Å². The van der Waals surface area contributed by atoms with Gasteiger partial charge in [-0.3, -0.25) is 0 Å². The van der Waals surface area contributed by atoms with E-state index in [0.29, 0.717) is 6.04 Å². The van der Waals surface area contributed by atoms with Gasteiger partial charge in [0.2, 0.25) is 0 Å². The number of hydrogen-bond acceptors (Lipinski definition) is 1. The van der Waals surface area contributed by atoms with E-state index in [0.717, 1.165) is 6.42 Å². The Morgan fingerprint density at radius 2 is 2.15 bits per heavy atom. The Labute approximate surface area is 88.7 Å². The third-order valence-corrected chi connectivity index (χ3v) is 3.44. The molecule has 0 fully saturated rings. The zero-order chi connectivity index (χ0) is 9.84. The second kappa shape index (κ2) is 4.77. The van der Waals surface area contributed by atoms with E-state index in [2.05, 4.69) is 53.3 Å². The Hall–Kier alpha value is -0.340. The summed E-state index contributed by atoms with van der Waals surface area (Å²) in [6.07, 6.45) is 1.11. The highest BCUT2D eigenvalue weighted by Crippen LogP contribution is 2.27. The molecule has 2 heteroatoms. The first-order chi connectivity index (χ1) is 6.20. The summed E-state index contributed by atoms with van der Waals surface area (Å²) in [7, 11) is 2.00. The van der Waals surface area contributed by atoms with Crippen LogP contribution in [0.2, 0.25) is 0 Å². The minimum Gasteiger partial charge on any atom is -0.313 e. The smallest absolute Gasteiger partial charge is 0.0326 e. The molecule has 0 radical (unpaired) electrons. The molecule has 0 heterocycles. The van der Waals surface area contributed by atoms with Gasteiger partial charge in [-0.05, 0) is 31.5 Å². The molecule has 1 aromatic carbocycles. The molecule has 1 rings (SSSR count). The third-order valence-electron chi connectivity index (χ3n) is 2.35. The summed E-state index contributed by atoms with van der Waals surface area (Å²) in [6, 6.07) is 6.85. The van der Waals surface area contributed by atoms with E-state index < -0.39 is 0 Å². The maximum atomic E-state index is 3.62. The van der Waals surface area contributed by atoms with E-state index in [1.54, 1.807) is 0 Å². The van der Waals surface area contributed by atoms with Crippen LogP contribution in [0.15, 0.2) is 22.7 Å². The van der Waals surface area contributed by atoms with E-state index in [4.69, 9.17) is 0 Å². The van der Waals surface area contributed by atoms with Crippen molar-refractivity contribution in [2.45, 2.75) is 26.3 Å². The summed E-state index contributed by atoms with van der Waals surface area (Å²) in [6.45, 7) is 4.31. The number of benzene rings is 1. The molecular weight excluding hydrogens is 226 g/mol. The van der Waals surface area contributed by atoms with Crippen molar-refractivity contribution >= 4 is 15.9 Å². The van der Waals surface area contributed by atoms with Crippen LogP contribution in [0.3, 0.4) is 0 Å². The summed E-state index contributed by atoms with van der Waals surface area (Å²) in [5, 5.41) is 3.31. The van der Waals surface area contributed by atoms with Gasteiger partial charge in [-0.2, -0.15) is 0 Å². The van der Waals surface area contributed by atoms with Gasteiger partial charge in [0.15, 0.2) is 0 Å². The molecule has 1 N–H and O–H groups in total. The average molecular weight is 242 g/mol. The first kappa shape index (κ1) is 10.7. The van der Waals surface area contributed by atoms with Gasteiger partial charge in [0, 0.05) is 10.5 Å². The van der Waals surface area contributed by atoms with Gasteiger partial charge < -0.3 is 5.32 Å². The Morgan fingerprint density at radius 1 is 1.46 bits per heavy atom. The maximum absolute atomic E-state index is 3.62. The zero-order valence-corrected chi connectivity index (χ0v) is 9.98. The van der Waals surface area contributed by atoms with Crippen molar-refractivity contribution < 1.29 is 0 Å². The SMILES string of the molecule is CCC(NC)c1cccc(C)c1Br. The van der Waals surface area contributed by atoms with Crippen molar-refractivity contribution in [1.29, 1.82) is 0 Å². The van der Waals surface area contributed by atoms with Crippen molar-refractivity contribution in [2.24, 2.45) is 0 Å². The topological polar surface area (TPSA) is 12.0 Å². The van der Waals surface area contributed by atoms with E-state index in [1.807, 2.05) is 7.05 Å². The lowest BCUT2D eigenvalue weighted by Gasteiger charge is -2.16. The van der Waals surface area contributed by atoms with Crippen LogP contribution in [0, 0.1) is 6.92 Å². The average Bonchev–Trinajstić information content (AvgIpc) is 2.14. The van der Waals surface area contributed by atoms with E-state index in [9.17, 15) is 0 Å². The predicted octanol–water partition coefficient (Wildman–Crippen LogP) is 3.43. The first-order valence-corrected chi connectivity index (χ1v) is 5.42. The molecule has 13 heavy (non-hydrogen) atoms. The molecular formula is C11H16BrN. The Balaban J connectivity index is 3.05. The molecule has 0 saturated heterocycles. The molecule has 0 bridgehead atoms. The lowest BCUT2D eigenvalue weighted by Crippen LogP contribution is -2.15. The molecule has 0 aliphatic rings. The standard InChI is InChI=1S/C11H16BrN/c1-4-10(13-3)9-7-5-6-8(2)11(9)12/h5-7,10,13H,4H2,1-3H3. The maximum Gasteiger partial charge on any atom is 0.0326 e. The molecule has 0 aliphatic carbocycles. The van der Waals surface area contributed by atoms with Gasteiger partial charge in [0.25, 0.3) is 0 Å². The van der Waals surface area contributed by atoms with Crippen LogP contribution in [0.4, 0.5) is 0 Å². The molecule has 1 nitrogen and oxygen atoms in total. The zero-order valence-electron chi connectivity index (χ0n) is 8.39. The Bertz CT molecular complexity index is 279. The van der Waals surface area contributed by atoms with Crippen LogP contribution >= 0.6 is 15.9 Å². The number of aryl methyl sites for hydroxylation is 1. The lowest BCUT2D eigenvalue weighted by molar-refractivity contribution is 0.574. The molecule has 0 saturated carbocycles. The van der Waals surface area contributed by atoms with Crippen molar-refractivity contribution in [3.8, 4) is 0 Å². The second-order valence-corrected chi connectivity index (χ2v) is 4.02. The van der Waals surface area contributed by atoms with Crippen molar-refractivity contribution in [2.75, 3.05) is 7.05 Å². The fourth-order valence-corrected chi connectivity index (χ4v) is 2.06. The summed E-state index contributed by atoms with van der Waals surface area (Å²) in [5.74, 6) is 0. The molecule has 0 aliphatic heterocycles. The van der Waals surface area contributed by atoms with Crippen LogP contribution in [0.25, 0.3) is 0 Å². The molecule has 1 atom stereocenters. The Kier molecular flexibility index (Phi) is 3.94. The van der Waals surface area contributed by atoms with Crippen LogP contribution < -0.4 is 5.32 Å². The minimum atomic E-state index is 0.453. The monoisotopic (exact) mass is 241 g/mol. The fraction of sp³-hybridized carbons (Fsp3) is 0.455. The van der Waals surface area contributed by atoms with Crippen LogP contribution in [0.5, 0.6) is 0 Å². The summed E-state index contributed by atoms with van der Waals surface area (Å²) in [5.41, 5.74) is 2.65. The van der Waals surface area contributed by atoms with Gasteiger partial charge >= 0.3 is 0 Å². The summed E-state index contributed by atoms with van der Waals surface area (Å²) in [4.78, 5) is 0. The number of hydrogen-bond donors (Lipinski definition) is 1. The molecule has 72 valence electrons. The molecule has 0 aromatic heterocycles. The van der Waals surface area contributed by atoms with Gasteiger partial charge in [0.1, 0.15) is 0 Å². The largest absolute Gasteiger partial charge is 0.313 e. The minimum absolute atomic E-state index is 0.453.